The highest BCUT2D eigenvalue weighted by molar-refractivity contribution is 5.15. The minimum Gasteiger partial charge on any atom is -0.0879 e. The third kappa shape index (κ3) is 0.654. The second-order valence-electron chi connectivity index (χ2n) is 5.15. The van der Waals surface area contributed by atoms with Gasteiger partial charge in [0.25, 0.3) is 0 Å². The Hall–Kier alpha value is -0.260. The molecule has 3 rings (SSSR count). The molecule has 0 spiro atoms. The molecule has 2 saturated carbocycles. The zero-order valence-electron chi connectivity index (χ0n) is 7.81. The fourth-order valence-corrected chi connectivity index (χ4v) is 4.30. The quantitative estimate of drug-likeness (QED) is 0.477. The lowest BCUT2D eigenvalue weighted by Gasteiger charge is -2.42. The average molecular weight is 162 g/mol. The highest BCUT2D eigenvalue weighted by atomic mass is 14.6. The molecular weight excluding hydrogens is 144 g/mol. The van der Waals surface area contributed by atoms with Crippen molar-refractivity contribution in [1.29, 1.82) is 0 Å². The maximum absolute atomic E-state index is 2.45. The van der Waals surface area contributed by atoms with Crippen LogP contribution >= 0.6 is 0 Å². The second kappa shape index (κ2) is 2.16. The number of hydrogen-bond donors (Lipinski definition) is 0. The Bertz CT molecular complexity index is 192. The summed E-state index contributed by atoms with van der Waals surface area (Å²) in [5, 5.41) is 0. The molecule has 0 radical (unpaired) electrons. The highest BCUT2D eigenvalue weighted by Crippen LogP contribution is 2.67. The third-order valence-electron chi connectivity index (χ3n) is 4.93. The van der Waals surface area contributed by atoms with Crippen LogP contribution in [0.25, 0.3) is 0 Å². The lowest BCUT2D eigenvalue weighted by molar-refractivity contribution is 0.107. The van der Waals surface area contributed by atoms with E-state index in [1.165, 1.54) is 51.4 Å². The molecule has 0 heteroatoms. The first-order chi connectivity index (χ1) is 5.87. The van der Waals surface area contributed by atoms with E-state index in [4.69, 9.17) is 0 Å². The predicted molar refractivity (Wildman–Crippen MR) is 50.9 cm³/mol. The standard InChI is InChI=1S/C12H18/c1-2-6-12-9-3-7-11(12,5-1)8-4-10-12/h1-2H,3-10H2. The van der Waals surface area contributed by atoms with Crippen LogP contribution < -0.4 is 0 Å². The Morgan fingerprint density at radius 1 is 0.667 bits per heavy atom. The minimum absolute atomic E-state index is 0.793. The molecule has 0 nitrogen and oxygen atoms in total. The van der Waals surface area contributed by atoms with E-state index < -0.39 is 0 Å². The van der Waals surface area contributed by atoms with Gasteiger partial charge >= 0.3 is 0 Å². The minimum atomic E-state index is 0.793. The summed E-state index contributed by atoms with van der Waals surface area (Å²) >= 11 is 0. The van der Waals surface area contributed by atoms with Crippen LogP contribution in [0.3, 0.4) is 0 Å². The molecule has 0 heterocycles. The van der Waals surface area contributed by atoms with Crippen molar-refractivity contribution in [3.63, 3.8) is 0 Å². The number of allylic oxidation sites excluding steroid dienone is 2. The van der Waals surface area contributed by atoms with Crippen LogP contribution in [0.5, 0.6) is 0 Å². The molecule has 0 saturated heterocycles. The lowest BCUT2D eigenvalue weighted by Crippen LogP contribution is -2.33. The van der Waals surface area contributed by atoms with Gasteiger partial charge in [-0.1, -0.05) is 25.0 Å². The first-order valence-electron chi connectivity index (χ1n) is 5.52. The summed E-state index contributed by atoms with van der Waals surface area (Å²) in [5.41, 5.74) is 1.59. The normalized spacial score (nSPS) is 50.7. The van der Waals surface area contributed by atoms with Crippen molar-refractivity contribution in [3.05, 3.63) is 12.2 Å². The van der Waals surface area contributed by atoms with Crippen molar-refractivity contribution in [2.75, 3.05) is 0 Å². The molecule has 0 aromatic heterocycles. The fourth-order valence-electron chi connectivity index (χ4n) is 4.30. The van der Waals surface area contributed by atoms with E-state index in [-0.39, 0.29) is 0 Å². The highest BCUT2D eigenvalue weighted by Gasteiger charge is 2.56. The Morgan fingerprint density at radius 3 is 1.50 bits per heavy atom. The number of rotatable bonds is 0. The van der Waals surface area contributed by atoms with E-state index in [2.05, 4.69) is 12.2 Å². The molecule has 0 N–H and O–H groups in total. The molecule has 66 valence electrons. The van der Waals surface area contributed by atoms with Gasteiger partial charge in [0.15, 0.2) is 0 Å². The van der Waals surface area contributed by atoms with Gasteiger partial charge in [-0.05, 0) is 49.4 Å². The molecule has 0 aromatic rings. The molecule has 3 aliphatic rings. The first-order valence-corrected chi connectivity index (χ1v) is 5.52. The van der Waals surface area contributed by atoms with E-state index in [9.17, 15) is 0 Å². The summed E-state index contributed by atoms with van der Waals surface area (Å²) in [6.07, 6.45) is 16.9. The Labute approximate surface area is 75.0 Å². The summed E-state index contributed by atoms with van der Waals surface area (Å²) in [4.78, 5) is 0. The molecule has 0 unspecified atom stereocenters. The van der Waals surface area contributed by atoms with Crippen LogP contribution in [0.1, 0.15) is 51.4 Å². The fraction of sp³-hybridized carbons (Fsp3) is 0.833. The van der Waals surface area contributed by atoms with Crippen LogP contribution in [-0.4, -0.2) is 0 Å². The summed E-state index contributed by atoms with van der Waals surface area (Å²) in [6.45, 7) is 0. The summed E-state index contributed by atoms with van der Waals surface area (Å²) < 4.78 is 0. The van der Waals surface area contributed by atoms with Crippen LogP contribution in [0, 0.1) is 10.8 Å². The lowest BCUT2D eigenvalue weighted by atomic mass is 9.62. The summed E-state index contributed by atoms with van der Waals surface area (Å²) in [7, 11) is 0. The molecule has 2 fully saturated rings. The topological polar surface area (TPSA) is 0 Å². The maximum atomic E-state index is 2.45. The van der Waals surface area contributed by atoms with E-state index in [0.717, 1.165) is 10.8 Å². The van der Waals surface area contributed by atoms with Gasteiger partial charge in [-0.25, -0.2) is 0 Å². The molecule has 0 amide bonds. The van der Waals surface area contributed by atoms with E-state index in [1.807, 2.05) is 0 Å². The van der Waals surface area contributed by atoms with Gasteiger partial charge < -0.3 is 0 Å². The average Bonchev–Trinajstić information content (AvgIpc) is 2.57. The van der Waals surface area contributed by atoms with Gasteiger partial charge in [0.05, 0.1) is 0 Å². The van der Waals surface area contributed by atoms with Gasteiger partial charge in [0.1, 0.15) is 0 Å². The van der Waals surface area contributed by atoms with Crippen LogP contribution in [0.4, 0.5) is 0 Å². The number of hydrogen-bond acceptors (Lipinski definition) is 0. The summed E-state index contributed by atoms with van der Waals surface area (Å²) in [5.74, 6) is 0. The monoisotopic (exact) mass is 162 g/mol. The molecule has 3 aliphatic carbocycles. The van der Waals surface area contributed by atoms with E-state index in [0.29, 0.717) is 0 Å². The van der Waals surface area contributed by atoms with Gasteiger partial charge in [0, 0.05) is 0 Å². The van der Waals surface area contributed by atoms with Crippen LogP contribution in [0.2, 0.25) is 0 Å². The Balaban J connectivity index is 2.06. The van der Waals surface area contributed by atoms with Crippen molar-refractivity contribution in [2.24, 2.45) is 10.8 Å². The van der Waals surface area contributed by atoms with Crippen molar-refractivity contribution in [3.8, 4) is 0 Å². The molecule has 12 heavy (non-hydrogen) atoms. The molecule has 0 atom stereocenters. The Kier molecular flexibility index (Phi) is 1.29. The van der Waals surface area contributed by atoms with Crippen LogP contribution in [0.15, 0.2) is 12.2 Å². The van der Waals surface area contributed by atoms with Crippen molar-refractivity contribution in [1.82, 2.24) is 0 Å². The molecule has 0 bridgehead atoms. The largest absolute Gasteiger partial charge is 0.0879 e. The maximum Gasteiger partial charge on any atom is -0.0203 e. The van der Waals surface area contributed by atoms with E-state index in [1.54, 1.807) is 0 Å². The zero-order chi connectivity index (χ0) is 8.07. The third-order valence-corrected chi connectivity index (χ3v) is 4.93. The summed E-state index contributed by atoms with van der Waals surface area (Å²) in [6, 6.07) is 0. The van der Waals surface area contributed by atoms with Gasteiger partial charge in [-0.3, -0.25) is 0 Å². The van der Waals surface area contributed by atoms with E-state index >= 15 is 0 Å². The van der Waals surface area contributed by atoms with Crippen molar-refractivity contribution in [2.45, 2.75) is 51.4 Å². The Morgan fingerprint density at radius 2 is 1.08 bits per heavy atom. The zero-order valence-corrected chi connectivity index (χ0v) is 7.81. The molecule has 0 aromatic carbocycles. The van der Waals surface area contributed by atoms with Gasteiger partial charge in [-0.2, -0.15) is 0 Å². The second-order valence-corrected chi connectivity index (χ2v) is 5.15. The molecule has 0 aliphatic heterocycles. The van der Waals surface area contributed by atoms with Gasteiger partial charge in [-0.15, -0.1) is 0 Å². The van der Waals surface area contributed by atoms with Gasteiger partial charge in [0.2, 0.25) is 0 Å². The van der Waals surface area contributed by atoms with Crippen LogP contribution in [-0.2, 0) is 0 Å². The molecular formula is C12H18. The van der Waals surface area contributed by atoms with Crippen molar-refractivity contribution >= 4 is 0 Å². The SMILES string of the molecule is C1=CCC23CCCC2(C1)CCC3. The smallest absolute Gasteiger partial charge is 0.0203 e. The first kappa shape index (κ1) is 7.17. The predicted octanol–water partition coefficient (Wildman–Crippen LogP) is 3.68. The van der Waals surface area contributed by atoms with Crippen molar-refractivity contribution < 1.29 is 0 Å².